The Labute approximate surface area is 175 Å². The molecule has 0 atom stereocenters. The van der Waals surface area contributed by atoms with E-state index in [1.165, 1.54) is 6.92 Å². The van der Waals surface area contributed by atoms with Gasteiger partial charge in [0.1, 0.15) is 17.2 Å². The molecule has 0 saturated heterocycles. The van der Waals surface area contributed by atoms with E-state index in [2.05, 4.69) is 10.6 Å². The van der Waals surface area contributed by atoms with Gasteiger partial charge in [0.2, 0.25) is 5.91 Å². The van der Waals surface area contributed by atoms with Crippen LogP contribution in [0.5, 0.6) is 17.2 Å². The van der Waals surface area contributed by atoms with Crippen LogP contribution in [-0.4, -0.2) is 18.4 Å². The number of amides is 2. The fourth-order valence-corrected chi connectivity index (χ4v) is 2.80. The largest absolute Gasteiger partial charge is 0.494 e. The van der Waals surface area contributed by atoms with Gasteiger partial charge in [0.05, 0.1) is 6.61 Å². The molecule has 3 aromatic carbocycles. The number of rotatable bonds is 7. The molecular weight excluding hydrogens is 380 g/mol. The van der Waals surface area contributed by atoms with Crippen LogP contribution in [-0.2, 0) is 4.79 Å². The van der Waals surface area contributed by atoms with Crippen molar-refractivity contribution in [2.75, 3.05) is 17.2 Å². The molecule has 0 saturated carbocycles. The third-order valence-corrected chi connectivity index (χ3v) is 4.29. The highest BCUT2D eigenvalue weighted by Gasteiger charge is 2.10. The molecule has 0 aliphatic heterocycles. The van der Waals surface area contributed by atoms with Crippen LogP contribution < -0.4 is 20.1 Å². The molecule has 2 amide bonds. The summed E-state index contributed by atoms with van der Waals surface area (Å²) in [5.74, 6) is 1.70. The average molecular weight is 404 g/mol. The molecule has 30 heavy (non-hydrogen) atoms. The Balaban J connectivity index is 1.64. The summed E-state index contributed by atoms with van der Waals surface area (Å²) >= 11 is 0. The van der Waals surface area contributed by atoms with Gasteiger partial charge in [-0.1, -0.05) is 6.07 Å². The van der Waals surface area contributed by atoms with E-state index >= 15 is 0 Å². The number of anilines is 2. The third-order valence-electron chi connectivity index (χ3n) is 4.29. The van der Waals surface area contributed by atoms with E-state index in [4.69, 9.17) is 9.47 Å². The molecule has 6 heteroatoms. The van der Waals surface area contributed by atoms with E-state index in [-0.39, 0.29) is 11.8 Å². The van der Waals surface area contributed by atoms with Gasteiger partial charge in [-0.15, -0.1) is 0 Å². The van der Waals surface area contributed by atoms with Crippen molar-refractivity contribution in [2.45, 2.75) is 20.8 Å². The second-order valence-electron chi connectivity index (χ2n) is 6.70. The lowest BCUT2D eigenvalue weighted by Gasteiger charge is -2.11. The van der Waals surface area contributed by atoms with Crippen LogP contribution in [0, 0.1) is 6.92 Å². The molecule has 3 rings (SSSR count). The van der Waals surface area contributed by atoms with E-state index in [1.54, 1.807) is 42.5 Å². The van der Waals surface area contributed by atoms with Gasteiger partial charge < -0.3 is 20.1 Å². The molecule has 0 aromatic heterocycles. The monoisotopic (exact) mass is 404 g/mol. The molecule has 0 fully saturated rings. The highest BCUT2D eigenvalue weighted by atomic mass is 16.5. The summed E-state index contributed by atoms with van der Waals surface area (Å²) in [6, 6.07) is 19.7. The molecule has 3 aromatic rings. The molecular formula is C24H24N2O4. The predicted molar refractivity (Wildman–Crippen MR) is 118 cm³/mol. The summed E-state index contributed by atoms with van der Waals surface area (Å²) in [5.41, 5.74) is 2.60. The zero-order valence-electron chi connectivity index (χ0n) is 17.2. The minimum atomic E-state index is -0.262. The lowest BCUT2D eigenvalue weighted by Crippen LogP contribution is -2.13. The first-order valence-electron chi connectivity index (χ1n) is 9.65. The molecule has 0 radical (unpaired) electrons. The fraction of sp³-hybridized carbons (Fsp3) is 0.167. The van der Waals surface area contributed by atoms with Crippen molar-refractivity contribution in [1.82, 2.24) is 0 Å². The number of ether oxygens (including phenoxy) is 2. The number of carbonyl (C=O) groups is 2. The molecule has 0 spiro atoms. The summed E-state index contributed by atoms with van der Waals surface area (Å²) in [6.07, 6.45) is 0. The van der Waals surface area contributed by atoms with Crippen LogP contribution >= 0.6 is 0 Å². The van der Waals surface area contributed by atoms with E-state index in [0.29, 0.717) is 35.0 Å². The zero-order chi connectivity index (χ0) is 21.5. The van der Waals surface area contributed by atoms with E-state index in [1.807, 2.05) is 38.1 Å². The smallest absolute Gasteiger partial charge is 0.255 e. The number of carbonyl (C=O) groups excluding carboxylic acids is 2. The van der Waals surface area contributed by atoms with Crippen LogP contribution in [0.2, 0.25) is 0 Å². The van der Waals surface area contributed by atoms with E-state index in [0.717, 1.165) is 11.3 Å². The number of hydrogen-bond donors (Lipinski definition) is 2. The number of hydrogen-bond acceptors (Lipinski definition) is 4. The first-order valence-corrected chi connectivity index (χ1v) is 9.65. The van der Waals surface area contributed by atoms with Crippen molar-refractivity contribution in [2.24, 2.45) is 0 Å². The minimum absolute atomic E-state index is 0.182. The van der Waals surface area contributed by atoms with Crippen molar-refractivity contribution in [3.8, 4) is 17.2 Å². The highest BCUT2D eigenvalue weighted by molar-refractivity contribution is 6.05. The second kappa shape index (κ2) is 9.60. The molecule has 6 nitrogen and oxygen atoms in total. The van der Waals surface area contributed by atoms with Crippen molar-refractivity contribution in [3.63, 3.8) is 0 Å². The average Bonchev–Trinajstić information content (AvgIpc) is 2.72. The lowest BCUT2D eigenvalue weighted by atomic mass is 10.1. The number of aryl methyl sites for hydroxylation is 1. The van der Waals surface area contributed by atoms with Crippen molar-refractivity contribution >= 4 is 23.2 Å². The fourth-order valence-electron chi connectivity index (χ4n) is 2.80. The maximum Gasteiger partial charge on any atom is 0.255 e. The quantitative estimate of drug-likeness (QED) is 0.553. The SMILES string of the molecule is CCOc1ccc(Oc2ccc(NC(=O)c3ccc(C)c(NC(C)=O)c3)cc2)cc1. The summed E-state index contributed by atoms with van der Waals surface area (Å²) in [4.78, 5) is 23.9. The van der Waals surface area contributed by atoms with Crippen molar-refractivity contribution in [3.05, 3.63) is 77.9 Å². The molecule has 154 valence electrons. The lowest BCUT2D eigenvalue weighted by molar-refractivity contribution is -0.114. The first kappa shape index (κ1) is 20.9. The highest BCUT2D eigenvalue weighted by Crippen LogP contribution is 2.25. The van der Waals surface area contributed by atoms with Crippen molar-refractivity contribution in [1.29, 1.82) is 0 Å². The summed E-state index contributed by atoms with van der Waals surface area (Å²) in [7, 11) is 0. The van der Waals surface area contributed by atoms with E-state index in [9.17, 15) is 9.59 Å². The van der Waals surface area contributed by atoms with Gasteiger partial charge in [0.15, 0.2) is 0 Å². The Morgan fingerprint density at radius 1 is 0.833 bits per heavy atom. The topological polar surface area (TPSA) is 76.7 Å². The molecule has 2 N–H and O–H groups in total. The molecule has 0 aliphatic carbocycles. The maximum atomic E-state index is 12.6. The standard InChI is InChI=1S/C24H24N2O4/c1-4-29-20-11-13-22(14-12-20)30-21-9-7-19(8-10-21)26-24(28)18-6-5-16(2)23(15-18)25-17(3)27/h5-15H,4H2,1-3H3,(H,25,27)(H,26,28). The van der Waals surface area contributed by atoms with Gasteiger partial charge in [-0.05, 0) is 80.1 Å². The molecule has 0 bridgehead atoms. The first-order chi connectivity index (χ1) is 14.4. The Hall–Kier alpha value is -3.80. The summed E-state index contributed by atoms with van der Waals surface area (Å²) < 4.78 is 11.2. The number of nitrogens with one attached hydrogen (secondary N) is 2. The normalized spacial score (nSPS) is 10.2. The van der Waals surface area contributed by atoms with Crippen LogP contribution in [0.3, 0.4) is 0 Å². The van der Waals surface area contributed by atoms with Gasteiger partial charge >= 0.3 is 0 Å². The Morgan fingerprint density at radius 3 is 2.03 bits per heavy atom. The van der Waals surface area contributed by atoms with Gasteiger partial charge in [0, 0.05) is 23.9 Å². The summed E-state index contributed by atoms with van der Waals surface area (Å²) in [6.45, 7) is 5.86. The van der Waals surface area contributed by atoms with Gasteiger partial charge in [-0.2, -0.15) is 0 Å². The Kier molecular flexibility index (Phi) is 6.70. The molecule has 0 aliphatic rings. The number of benzene rings is 3. The van der Waals surface area contributed by atoms with E-state index < -0.39 is 0 Å². The zero-order valence-corrected chi connectivity index (χ0v) is 17.2. The van der Waals surface area contributed by atoms with Crippen LogP contribution in [0.1, 0.15) is 29.8 Å². The summed E-state index contributed by atoms with van der Waals surface area (Å²) in [5, 5.41) is 5.58. The molecule has 0 heterocycles. The second-order valence-corrected chi connectivity index (χ2v) is 6.70. The Morgan fingerprint density at radius 2 is 1.43 bits per heavy atom. The van der Waals surface area contributed by atoms with Crippen LogP contribution in [0.25, 0.3) is 0 Å². The van der Waals surface area contributed by atoms with Crippen LogP contribution in [0.15, 0.2) is 66.7 Å². The van der Waals surface area contributed by atoms with Gasteiger partial charge in [-0.25, -0.2) is 0 Å². The minimum Gasteiger partial charge on any atom is -0.494 e. The Bertz CT molecular complexity index is 1030. The van der Waals surface area contributed by atoms with Gasteiger partial charge in [-0.3, -0.25) is 9.59 Å². The third kappa shape index (κ3) is 5.61. The van der Waals surface area contributed by atoms with Crippen molar-refractivity contribution < 1.29 is 19.1 Å². The predicted octanol–water partition coefficient (Wildman–Crippen LogP) is 5.40. The van der Waals surface area contributed by atoms with Crippen LogP contribution in [0.4, 0.5) is 11.4 Å². The van der Waals surface area contributed by atoms with Gasteiger partial charge in [0.25, 0.3) is 5.91 Å². The maximum absolute atomic E-state index is 12.6. The molecule has 0 unspecified atom stereocenters.